The number of carbonyl (C=O) groups is 2. The first-order valence-electron chi connectivity index (χ1n) is 7.66. The van der Waals surface area contributed by atoms with Crippen molar-refractivity contribution in [3.8, 4) is 0 Å². The smallest absolute Gasteiger partial charge is 0.240 e. The summed E-state index contributed by atoms with van der Waals surface area (Å²) >= 11 is 0. The fraction of sp³-hybridized carbons (Fsp3) is 0.467. The SMILES string of the molecule is O=C1Cc2cc(S(=O)(=O)NCCN3CCCCC3=O)ccc2N1. The quantitative estimate of drug-likeness (QED) is 0.816. The van der Waals surface area contributed by atoms with Crippen LogP contribution in [0.1, 0.15) is 24.8 Å². The van der Waals surface area contributed by atoms with E-state index in [4.69, 9.17) is 0 Å². The summed E-state index contributed by atoms with van der Waals surface area (Å²) in [5, 5.41) is 2.67. The van der Waals surface area contributed by atoms with Crippen LogP contribution < -0.4 is 10.0 Å². The molecule has 23 heavy (non-hydrogen) atoms. The highest BCUT2D eigenvalue weighted by Gasteiger charge is 2.22. The normalized spacial score (nSPS) is 18.0. The van der Waals surface area contributed by atoms with Gasteiger partial charge in [-0.05, 0) is 36.6 Å². The number of nitrogens with one attached hydrogen (secondary N) is 2. The van der Waals surface area contributed by atoms with Gasteiger partial charge in [-0.1, -0.05) is 0 Å². The monoisotopic (exact) mass is 337 g/mol. The second-order valence-corrected chi connectivity index (χ2v) is 7.55. The molecule has 0 bridgehead atoms. The van der Waals surface area contributed by atoms with Crippen LogP contribution in [0.4, 0.5) is 5.69 Å². The molecule has 1 aromatic rings. The molecule has 0 unspecified atom stereocenters. The molecule has 0 aromatic heterocycles. The van der Waals surface area contributed by atoms with Gasteiger partial charge in [0.2, 0.25) is 21.8 Å². The van der Waals surface area contributed by atoms with Gasteiger partial charge < -0.3 is 10.2 Å². The van der Waals surface area contributed by atoms with Gasteiger partial charge in [-0.3, -0.25) is 9.59 Å². The van der Waals surface area contributed by atoms with Crippen molar-refractivity contribution in [3.05, 3.63) is 23.8 Å². The molecule has 1 aromatic carbocycles. The fourth-order valence-corrected chi connectivity index (χ4v) is 3.94. The Morgan fingerprint density at radius 1 is 1.22 bits per heavy atom. The molecule has 0 saturated carbocycles. The van der Waals surface area contributed by atoms with Crippen LogP contribution in [0.15, 0.2) is 23.1 Å². The van der Waals surface area contributed by atoms with Gasteiger partial charge in [-0.2, -0.15) is 0 Å². The van der Waals surface area contributed by atoms with Gasteiger partial charge in [0.05, 0.1) is 11.3 Å². The van der Waals surface area contributed by atoms with Gasteiger partial charge in [0.25, 0.3) is 0 Å². The highest BCUT2D eigenvalue weighted by Crippen LogP contribution is 2.25. The molecule has 2 amide bonds. The first-order chi connectivity index (χ1) is 11.0. The lowest BCUT2D eigenvalue weighted by Gasteiger charge is -2.26. The van der Waals surface area contributed by atoms with Crippen molar-refractivity contribution in [1.29, 1.82) is 0 Å². The molecule has 1 saturated heterocycles. The van der Waals surface area contributed by atoms with Crippen molar-refractivity contribution >= 4 is 27.5 Å². The zero-order valence-corrected chi connectivity index (χ0v) is 13.5. The summed E-state index contributed by atoms with van der Waals surface area (Å²) in [6.07, 6.45) is 2.60. The van der Waals surface area contributed by atoms with E-state index >= 15 is 0 Å². The lowest BCUT2D eigenvalue weighted by atomic mass is 10.1. The zero-order valence-electron chi connectivity index (χ0n) is 12.7. The van der Waals surface area contributed by atoms with Crippen LogP contribution in [0.3, 0.4) is 0 Å². The summed E-state index contributed by atoms with van der Waals surface area (Å²) in [6, 6.07) is 4.59. The van der Waals surface area contributed by atoms with Gasteiger partial charge in [-0.15, -0.1) is 0 Å². The zero-order chi connectivity index (χ0) is 16.4. The Morgan fingerprint density at radius 2 is 2.04 bits per heavy atom. The van der Waals surface area contributed by atoms with Crippen LogP contribution in [0, 0.1) is 0 Å². The maximum Gasteiger partial charge on any atom is 0.240 e. The fourth-order valence-electron chi connectivity index (χ4n) is 2.87. The predicted octanol–water partition coefficient (Wildman–Crippen LogP) is 0.472. The lowest BCUT2D eigenvalue weighted by Crippen LogP contribution is -2.41. The maximum absolute atomic E-state index is 12.3. The van der Waals surface area contributed by atoms with Gasteiger partial charge in [0.15, 0.2) is 0 Å². The molecule has 7 nitrogen and oxygen atoms in total. The summed E-state index contributed by atoms with van der Waals surface area (Å²) in [7, 11) is -3.64. The molecule has 124 valence electrons. The number of anilines is 1. The van der Waals surface area contributed by atoms with E-state index in [0.29, 0.717) is 30.8 Å². The third kappa shape index (κ3) is 3.53. The van der Waals surface area contributed by atoms with E-state index in [2.05, 4.69) is 10.0 Å². The molecule has 2 N–H and O–H groups in total. The van der Waals surface area contributed by atoms with Crippen LogP contribution in [0.5, 0.6) is 0 Å². The Hall–Kier alpha value is -1.93. The second kappa shape index (κ2) is 6.29. The van der Waals surface area contributed by atoms with Crippen LogP contribution in [0.2, 0.25) is 0 Å². The molecule has 3 rings (SSSR count). The molecule has 8 heteroatoms. The topological polar surface area (TPSA) is 95.6 Å². The number of likely N-dealkylation sites (tertiary alicyclic amines) is 1. The van der Waals surface area contributed by atoms with Gasteiger partial charge in [0.1, 0.15) is 0 Å². The lowest BCUT2D eigenvalue weighted by molar-refractivity contribution is -0.133. The molecule has 2 aliphatic heterocycles. The van der Waals surface area contributed by atoms with E-state index in [1.807, 2.05) is 0 Å². The maximum atomic E-state index is 12.3. The largest absolute Gasteiger partial charge is 0.341 e. The third-order valence-corrected chi connectivity index (χ3v) is 5.57. The molecule has 0 atom stereocenters. The number of amides is 2. The average Bonchev–Trinajstić information content (AvgIpc) is 2.88. The molecule has 0 aliphatic carbocycles. The molecular weight excluding hydrogens is 318 g/mol. The number of fused-ring (bicyclic) bond motifs is 1. The van der Waals surface area contributed by atoms with Crippen molar-refractivity contribution in [2.45, 2.75) is 30.6 Å². The first-order valence-corrected chi connectivity index (χ1v) is 9.14. The average molecular weight is 337 g/mol. The number of hydrogen-bond donors (Lipinski definition) is 2. The van der Waals surface area contributed by atoms with E-state index in [0.717, 1.165) is 12.8 Å². The summed E-state index contributed by atoms with van der Waals surface area (Å²) in [5.74, 6) is -0.0521. The molecular formula is C15H19N3O4S. The Balaban J connectivity index is 1.62. The van der Waals surface area contributed by atoms with Gasteiger partial charge >= 0.3 is 0 Å². The molecule has 0 radical (unpaired) electrons. The summed E-state index contributed by atoms with van der Waals surface area (Å²) in [4.78, 5) is 24.8. The summed E-state index contributed by atoms with van der Waals surface area (Å²) < 4.78 is 27.2. The Labute approximate surface area is 135 Å². The summed E-state index contributed by atoms with van der Waals surface area (Å²) in [6.45, 7) is 1.25. The van der Waals surface area contributed by atoms with Crippen LogP contribution in [0.25, 0.3) is 0 Å². The molecule has 2 aliphatic rings. The van der Waals surface area contributed by atoms with Crippen LogP contribution in [-0.4, -0.2) is 44.8 Å². The number of piperidine rings is 1. The minimum Gasteiger partial charge on any atom is -0.341 e. The molecule has 2 heterocycles. The van der Waals surface area contributed by atoms with Crippen molar-refractivity contribution in [2.75, 3.05) is 25.0 Å². The minimum atomic E-state index is -3.64. The van der Waals surface area contributed by atoms with Crippen molar-refractivity contribution in [3.63, 3.8) is 0 Å². The van der Waals surface area contributed by atoms with Crippen LogP contribution in [-0.2, 0) is 26.0 Å². The number of sulfonamides is 1. The number of nitrogens with zero attached hydrogens (tertiary/aromatic N) is 1. The van der Waals surface area contributed by atoms with Crippen molar-refractivity contribution < 1.29 is 18.0 Å². The first kappa shape index (κ1) is 15.9. The second-order valence-electron chi connectivity index (χ2n) is 5.78. The van der Waals surface area contributed by atoms with Crippen molar-refractivity contribution in [1.82, 2.24) is 9.62 Å². The standard InChI is InChI=1S/C15H19N3O4S/c19-14-10-11-9-12(4-5-13(11)17-14)23(21,22)16-6-8-18-7-2-1-3-15(18)20/h4-5,9,16H,1-3,6-8,10H2,(H,17,19). The van der Waals surface area contributed by atoms with E-state index in [-0.39, 0.29) is 29.7 Å². The Kier molecular flexibility index (Phi) is 4.36. The van der Waals surface area contributed by atoms with E-state index in [1.165, 1.54) is 12.1 Å². The third-order valence-electron chi connectivity index (χ3n) is 4.11. The van der Waals surface area contributed by atoms with Crippen LogP contribution >= 0.6 is 0 Å². The molecule has 1 fully saturated rings. The minimum absolute atomic E-state index is 0.0811. The predicted molar refractivity (Wildman–Crippen MR) is 84.4 cm³/mol. The highest BCUT2D eigenvalue weighted by atomic mass is 32.2. The highest BCUT2D eigenvalue weighted by molar-refractivity contribution is 7.89. The van der Waals surface area contributed by atoms with E-state index in [1.54, 1.807) is 11.0 Å². The Morgan fingerprint density at radius 3 is 2.83 bits per heavy atom. The van der Waals surface area contributed by atoms with E-state index < -0.39 is 10.0 Å². The number of hydrogen-bond acceptors (Lipinski definition) is 4. The Bertz CT molecular complexity index is 745. The van der Waals surface area contributed by atoms with Crippen molar-refractivity contribution in [2.24, 2.45) is 0 Å². The van der Waals surface area contributed by atoms with Gasteiger partial charge in [0, 0.05) is 31.7 Å². The number of benzene rings is 1. The summed E-state index contributed by atoms with van der Waals surface area (Å²) in [5.41, 5.74) is 1.34. The number of carbonyl (C=O) groups excluding carboxylic acids is 2. The van der Waals surface area contributed by atoms with Gasteiger partial charge in [-0.25, -0.2) is 13.1 Å². The molecule has 0 spiro atoms. The van der Waals surface area contributed by atoms with E-state index in [9.17, 15) is 18.0 Å². The number of rotatable bonds is 5.